The summed E-state index contributed by atoms with van der Waals surface area (Å²) < 4.78 is 27.2. The van der Waals surface area contributed by atoms with Crippen LogP contribution in [-0.4, -0.2) is 36.9 Å². The van der Waals surface area contributed by atoms with E-state index in [-0.39, 0.29) is 17.7 Å². The van der Waals surface area contributed by atoms with Gasteiger partial charge in [0.2, 0.25) is 5.91 Å². The van der Waals surface area contributed by atoms with Gasteiger partial charge in [0.05, 0.1) is 6.26 Å². The van der Waals surface area contributed by atoms with Crippen LogP contribution in [0.25, 0.3) is 0 Å². The SMILES string of the molecule is CC[C@@H](C)N(Cc1cccc(OS(C)(=O)=O)c1)C(=O)[C@@H](C)Cl. The van der Waals surface area contributed by atoms with Gasteiger partial charge < -0.3 is 9.08 Å². The van der Waals surface area contributed by atoms with Gasteiger partial charge >= 0.3 is 10.1 Å². The van der Waals surface area contributed by atoms with Gasteiger partial charge in [-0.2, -0.15) is 8.42 Å². The van der Waals surface area contributed by atoms with E-state index < -0.39 is 15.5 Å². The fourth-order valence-electron chi connectivity index (χ4n) is 1.97. The lowest BCUT2D eigenvalue weighted by Crippen LogP contribution is -2.41. The summed E-state index contributed by atoms with van der Waals surface area (Å²) in [5.41, 5.74) is 0.784. The first kappa shape index (κ1) is 18.8. The van der Waals surface area contributed by atoms with Crippen molar-refractivity contribution in [1.29, 1.82) is 0 Å². The average molecular weight is 348 g/mol. The Morgan fingerprint density at radius 3 is 2.50 bits per heavy atom. The van der Waals surface area contributed by atoms with Crippen molar-refractivity contribution in [2.24, 2.45) is 0 Å². The lowest BCUT2D eigenvalue weighted by molar-refractivity contribution is -0.133. The second-order valence-electron chi connectivity index (χ2n) is 5.27. The van der Waals surface area contributed by atoms with E-state index in [1.54, 1.807) is 30.0 Å². The van der Waals surface area contributed by atoms with Crippen molar-refractivity contribution in [2.45, 2.75) is 45.2 Å². The minimum absolute atomic E-state index is 0.0354. The summed E-state index contributed by atoms with van der Waals surface area (Å²) in [7, 11) is -3.57. The van der Waals surface area contributed by atoms with Crippen molar-refractivity contribution in [3.8, 4) is 5.75 Å². The van der Waals surface area contributed by atoms with E-state index in [0.717, 1.165) is 18.2 Å². The summed E-state index contributed by atoms with van der Waals surface area (Å²) in [4.78, 5) is 13.9. The van der Waals surface area contributed by atoms with Crippen LogP contribution in [0.2, 0.25) is 0 Å². The molecule has 1 aromatic rings. The van der Waals surface area contributed by atoms with E-state index in [2.05, 4.69) is 0 Å². The zero-order valence-corrected chi connectivity index (χ0v) is 14.8. The smallest absolute Gasteiger partial charge is 0.306 e. The summed E-state index contributed by atoms with van der Waals surface area (Å²) in [6.45, 7) is 5.94. The number of carbonyl (C=O) groups excluding carboxylic acids is 1. The van der Waals surface area contributed by atoms with E-state index >= 15 is 0 Å². The van der Waals surface area contributed by atoms with Gasteiger partial charge in [0.25, 0.3) is 0 Å². The third kappa shape index (κ3) is 5.85. The van der Waals surface area contributed by atoms with Crippen LogP contribution in [-0.2, 0) is 21.5 Å². The van der Waals surface area contributed by atoms with Gasteiger partial charge in [0.1, 0.15) is 11.1 Å². The molecule has 0 aliphatic rings. The molecule has 0 aliphatic heterocycles. The first-order chi connectivity index (χ1) is 10.1. The van der Waals surface area contributed by atoms with Gasteiger partial charge in [0.15, 0.2) is 0 Å². The molecule has 0 N–H and O–H groups in total. The number of rotatable bonds is 7. The fourth-order valence-corrected chi connectivity index (χ4v) is 2.55. The van der Waals surface area contributed by atoms with Crippen LogP contribution in [0.15, 0.2) is 24.3 Å². The van der Waals surface area contributed by atoms with E-state index in [4.69, 9.17) is 15.8 Å². The van der Waals surface area contributed by atoms with Crippen molar-refractivity contribution in [3.63, 3.8) is 0 Å². The lowest BCUT2D eigenvalue weighted by Gasteiger charge is -2.30. The largest absolute Gasteiger partial charge is 0.383 e. The second-order valence-corrected chi connectivity index (χ2v) is 7.50. The first-order valence-corrected chi connectivity index (χ1v) is 9.32. The maximum absolute atomic E-state index is 12.2. The summed E-state index contributed by atoms with van der Waals surface area (Å²) in [6.07, 6.45) is 1.79. The maximum atomic E-state index is 12.2. The first-order valence-electron chi connectivity index (χ1n) is 7.07. The van der Waals surface area contributed by atoms with E-state index in [1.165, 1.54) is 0 Å². The quantitative estimate of drug-likeness (QED) is 0.562. The molecule has 2 atom stereocenters. The van der Waals surface area contributed by atoms with Gasteiger partial charge in [-0.05, 0) is 38.0 Å². The molecule has 124 valence electrons. The minimum atomic E-state index is -3.57. The topological polar surface area (TPSA) is 63.7 Å². The molecule has 5 nitrogen and oxygen atoms in total. The van der Waals surface area contributed by atoms with Crippen LogP contribution in [0.4, 0.5) is 0 Å². The number of nitrogens with zero attached hydrogens (tertiary/aromatic N) is 1. The molecule has 0 aromatic heterocycles. The summed E-state index contributed by atoms with van der Waals surface area (Å²) >= 11 is 5.91. The number of hydrogen-bond acceptors (Lipinski definition) is 4. The molecule has 1 amide bonds. The maximum Gasteiger partial charge on any atom is 0.306 e. The van der Waals surface area contributed by atoms with Gasteiger partial charge in [-0.25, -0.2) is 0 Å². The molecule has 0 radical (unpaired) electrons. The highest BCUT2D eigenvalue weighted by Crippen LogP contribution is 2.19. The zero-order valence-electron chi connectivity index (χ0n) is 13.2. The number of alkyl halides is 1. The van der Waals surface area contributed by atoms with Gasteiger partial charge in [-0.15, -0.1) is 11.6 Å². The van der Waals surface area contributed by atoms with Crippen molar-refractivity contribution in [1.82, 2.24) is 4.90 Å². The van der Waals surface area contributed by atoms with Crippen LogP contribution in [0.5, 0.6) is 5.75 Å². The molecule has 0 saturated carbocycles. The monoisotopic (exact) mass is 347 g/mol. The Labute approximate surface area is 137 Å². The van der Waals surface area contributed by atoms with Crippen LogP contribution in [0.1, 0.15) is 32.8 Å². The third-order valence-corrected chi connectivity index (χ3v) is 3.93. The van der Waals surface area contributed by atoms with Gasteiger partial charge in [-0.3, -0.25) is 4.79 Å². The van der Waals surface area contributed by atoms with Gasteiger partial charge in [-0.1, -0.05) is 19.1 Å². The Bertz CT molecular complexity index is 616. The van der Waals surface area contributed by atoms with Crippen LogP contribution in [0, 0.1) is 0 Å². The molecule has 0 saturated heterocycles. The summed E-state index contributed by atoms with van der Waals surface area (Å²) in [5, 5.41) is -0.607. The lowest BCUT2D eigenvalue weighted by atomic mass is 10.1. The van der Waals surface area contributed by atoms with Crippen molar-refractivity contribution in [3.05, 3.63) is 29.8 Å². The molecule has 0 unspecified atom stereocenters. The standard InChI is InChI=1S/C15H22ClNO4S/c1-5-11(2)17(15(18)12(3)16)10-13-7-6-8-14(9-13)21-22(4,19)20/h6-9,11-12H,5,10H2,1-4H3/t11-,12-/m1/s1. The third-order valence-electron chi connectivity index (χ3n) is 3.25. The Kier molecular flexibility index (Phi) is 6.68. The number of carbonyl (C=O) groups is 1. The Morgan fingerprint density at radius 2 is 2.00 bits per heavy atom. The molecule has 0 fully saturated rings. The van der Waals surface area contributed by atoms with Crippen LogP contribution < -0.4 is 4.18 Å². The summed E-state index contributed by atoms with van der Waals surface area (Å²) in [6, 6.07) is 6.72. The molecule has 0 spiro atoms. The molecule has 0 bridgehead atoms. The predicted molar refractivity (Wildman–Crippen MR) is 87.5 cm³/mol. The van der Waals surface area contributed by atoms with Crippen molar-refractivity contribution < 1.29 is 17.4 Å². The van der Waals surface area contributed by atoms with Crippen molar-refractivity contribution >= 4 is 27.6 Å². The fraction of sp³-hybridized carbons (Fsp3) is 0.533. The molecule has 22 heavy (non-hydrogen) atoms. The predicted octanol–water partition coefficient (Wildman–Crippen LogP) is 2.78. The highest BCUT2D eigenvalue weighted by Gasteiger charge is 2.23. The number of benzene rings is 1. The molecule has 0 aliphatic carbocycles. The highest BCUT2D eigenvalue weighted by atomic mass is 35.5. The van der Waals surface area contributed by atoms with E-state index in [9.17, 15) is 13.2 Å². The van der Waals surface area contributed by atoms with E-state index in [1.807, 2.05) is 19.9 Å². The van der Waals surface area contributed by atoms with Crippen molar-refractivity contribution in [2.75, 3.05) is 6.26 Å². The highest BCUT2D eigenvalue weighted by molar-refractivity contribution is 7.86. The molecule has 0 heterocycles. The average Bonchev–Trinajstić information content (AvgIpc) is 2.41. The Morgan fingerprint density at radius 1 is 1.36 bits per heavy atom. The molecular weight excluding hydrogens is 326 g/mol. The molecular formula is C15H22ClNO4S. The van der Waals surface area contributed by atoms with Crippen LogP contribution in [0.3, 0.4) is 0 Å². The second kappa shape index (κ2) is 7.83. The normalized spacial score (nSPS) is 14.2. The molecule has 7 heteroatoms. The number of halogens is 1. The Balaban J connectivity index is 2.98. The molecule has 1 rings (SSSR count). The zero-order chi connectivity index (χ0) is 16.9. The summed E-state index contributed by atoms with van der Waals surface area (Å²) in [5.74, 6) is 0.0842. The number of hydrogen-bond donors (Lipinski definition) is 0. The van der Waals surface area contributed by atoms with Gasteiger partial charge in [0, 0.05) is 12.6 Å². The van der Waals surface area contributed by atoms with Crippen LogP contribution >= 0.6 is 11.6 Å². The minimum Gasteiger partial charge on any atom is -0.383 e. The Hall–Kier alpha value is -1.27. The van der Waals surface area contributed by atoms with E-state index in [0.29, 0.717) is 6.54 Å². The molecule has 1 aromatic carbocycles. The number of amides is 1.